The molecule has 0 aliphatic rings. The number of halogens is 2. The van der Waals surface area contributed by atoms with E-state index in [1.54, 1.807) is 12.1 Å². The van der Waals surface area contributed by atoms with Crippen LogP contribution in [0.1, 0.15) is 18.1 Å². The highest BCUT2D eigenvalue weighted by Crippen LogP contribution is 2.23. The minimum atomic E-state index is -0.230. The van der Waals surface area contributed by atoms with E-state index in [9.17, 15) is 4.39 Å². The molecule has 3 heteroatoms. The number of nitrogens with two attached hydrogens (primary N) is 1. The normalized spacial score (nSPS) is 12.7. The lowest BCUT2D eigenvalue weighted by atomic mass is 9.96. The Kier molecular flexibility index (Phi) is 5.74. The van der Waals surface area contributed by atoms with Crippen molar-refractivity contribution in [2.24, 2.45) is 5.73 Å². The van der Waals surface area contributed by atoms with Crippen LogP contribution in [0.2, 0.25) is 0 Å². The topological polar surface area (TPSA) is 26.0 Å². The van der Waals surface area contributed by atoms with Crippen molar-refractivity contribution in [3.8, 4) is 0 Å². The number of hydrogen-bond acceptors (Lipinski definition) is 1. The smallest absolute Gasteiger partial charge is 0.123 e. The summed E-state index contributed by atoms with van der Waals surface area (Å²) in [5.74, 6) is -0.230. The van der Waals surface area contributed by atoms with Crippen molar-refractivity contribution in [1.82, 2.24) is 0 Å². The van der Waals surface area contributed by atoms with Crippen LogP contribution in [0.4, 0.5) is 4.39 Å². The van der Waals surface area contributed by atoms with Crippen LogP contribution in [0.5, 0.6) is 0 Å². The summed E-state index contributed by atoms with van der Waals surface area (Å²) in [4.78, 5) is 0. The van der Waals surface area contributed by atoms with Crippen LogP contribution in [-0.4, -0.2) is 6.04 Å². The van der Waals surface area contributed by atoms with Crippen molar-refractivity contribution in [3.05, 3.63) is 77.6 Å². The fraction of sp³-hybridized carbons (Fsp3) is 0.125. The van der Waals surface area contributed by atoms with E-state index >= 15 is 0 Å². The Bertz CT molecular complexity index is 532. The Morgan fingerprint density at radius 2 is 1.53 bits per heavy atom. The van der Waals surface area contributed by atoms with Crippen LogP contribution < -0.4 is 5.73 Å². The SMILES string of the molecule is CC(N)C=C(c1ccccc1)c1ccc(F)cc1.Cl. The highest BCUT2D eigenvalue weighted by molar-refractivity contribution is 5.85. The summed E-state index contributed by atoms with van der Waals surface area (Å²) in [5, 5.41) is 0. The second-order valence-electron chi connectivity index (χ2n) is 4.31. The van der Waals surface area contributed by atoms with Crippen molar-refractivity contribution in [1.29, 1.82) is 0 Å². The molecule has 0 saturated heterocycles. The van der Waals surface area contributed by atoms with Gasteiger partial charge in [-0.25, -0.2) is 4.39 Å². The molecule has 1 nitrogen and oxygen atoms in total. The molecule has 0 spiro atoms. The van der Waals surface area contributed by atoms with Crippen LogP contribution in [0.25, 0.3) is 5.57 Å². The fourth-order valence-electron chi connectivity index (χ4n) is 1.87. The maximum Gasteiger partial charge on any atom is 0.123 e. The van der Waals surface area contributed by atoms with Gasteiger partial charge < -0.3 is 5.73 Å². The zero-order chi connectivity index (χ0) is 13.0. The van der Waals surface area contributed by atoms with Gasteiger partial charge in [-0.15, -0.1) is 12.4 Å². The van der Waals surface area contributed by atoms with Gasteiger partial charge in [0.25, 0.3) is 0 Å². The van der Waals surface area contributed by atoms with E-state index in [1.807, 2.05) is 43.3 Å². The number of benzene rings is 2. The maximum absolute atomic E-state index is 13.0. The second-order valence-corrected chi connectivity index (χ2v) is 4.31. The monoisotopic (exact) mass is 277 g/mol. The Morgan fingerprint density at radius 1 is 1.00 bits per heavy atom. The first kappa shape index (κ1) is 15.4. The van der Waals surface area contributed by atoms with Crippen molar-refractivity contribution >= 4 is 18.0 Å². The summed E-state index contributed by atoms with van der Waals surface area (Å²) < 4.78 is 13.0. The third-order valence-corrected chi connectivity index (χ3v) is 2.67. The van der Waals surface area contributed by atoms with Crippen LogP contribution in [0, 0.1) is 5.82 Å². The Morgan fingerprint density at radius 3 is 2.05 bits per heavy atom. The molecule has 1 atom stereocenters. The third-order valence-electron chi connectivity index (χ3n) is 2.67. The summed E-state index contributed by atoms with van der Waals surface area (Å²) in [5.41, 5.74) is 8.94. The Hall–Kier alpha value is -1.64. The Labute approximate surface area is 119 Å². The lowest BCUT2D eigenvalue weighted by Gasteiger charge is -2.10. The molecule has 0 saturated carbocycles. The standard InChI is InChI=1S/C16H16FN.ClH/c1-12(18)11-16(13-5-3-2-4-6-13)14-7-9-15(17)10-8-14;/h2-12H,18H2,1H3;1H. The largest absolute Gasteiger partial charge is 0.325 e. The average molecular weight is 278 g/mol. The van der Waals surface area contributed by atoms with Gasteiger partial charge in [0.15, 0.2) is 0 Å². The van der Waals surface area contributed by atoms with Crippen molar-refractivity contribution < 1.29 is 4.39 Å². The molecule has 0 heterocycles. The molecule has 0 aliphatic carbocycles. The molecule has 1 unspecified atom stereocenters. The van der Waals surface area contributed by atoms with E-state index in [1.165, 1.54) is 12.1 Å². The lowest BCUT2D eigenvalue weighted by Crippen LogP contribution is -2.11. The maximum atomic E-state index is 13.0. The predicted octanol–water partition coefficient (Wildman–Crippen LogP) is 4.03. The first-order chi connectivity index (χ1) is 8.66. The minimum absolute atomic E-state index is 0. The highest BCUT2D eigenvalue weighted by atomic mass is 35.5. The molecule has 2 N–H and O–H groups in total. The molecule has 19 heavy (non-hydrogen) atoms. The van der Waals surface area contributed by atoms with Crippen molar-refractivity contribution in [2.75, 3.05) is 0 Å². The van der Waals surface area contributed by atoms with Gasteiger partial charge in [-0.2, -0.15) is 0 Å². The minimum Gasteiger partial charge on any atom is -0.325 e. The Balaban J connectivity index is 0.00000180. The summed E-state index contributed by atoms with van der Waals surface area (Å²) in [6.45, 7) is 1.92. The van der Waals surface area contributed by atoms with E-state index in [0.717, 1.165) is 16.7 Å². The molecule has 2 aromatic carbocycles. The molecule has 0 radical (unpaired) electrons. The average Bonchev–Trinajstić information content (AvgIpc) is 2.38. The summed E-state index contributed by atoms with van der Waals surface area (Å²) in [7, 11) is 0. The first-order valence-corrected chi connectivity index (χ1v) is 5.95. The van der Waals surface area contributed by atoms with Crippen LogP contribution >= 0.6 is 12.4 Å². The van der Waals surface area contributed by atoms with Gasteiger partial charge in [-0.3, -0.25) is 0 Å². The van der Waals surface area contributed by atoms with Gasteiger partial charge in [-0.1, -0.05) is 48.5 Å². The van der Waals surface area contributed by atoms with Crippen LogP contribution in [0.15, 0.2) is 60.7 Å². The fourth-order valence-corrected chi connectivity index (χ4v) is 1.87. The predicted molar refractivity (Wildman–Crippen MR) is 80.8 cm³/mol. The quantitative estimate of drug-likeness (QED) is 0.901. The van der Waals surface area contributed by atoms with Gasteiger partial charge in [0.1, 0.15) is 5.82 Å². The highest BCUT2D eigenvalue weighted by Gasteiger charge is 2.05. The number of hydrogen-bond donors (Lipinski definition) is 1. The molecular formula is C16H17ClFN. The van der Waals surface area contributed by atoms with Gasteiger partial charge >= 0.3 is 0 Å². The van der Waals surface area contributed by atoms with Crippen LogP contribution in [0.3, 0.4) is 0 Å². The molecule has 0 fully saturated rings. The van der Waals surface area contributed by atoms with E-state index in [2.05, 4.69) is 0 Å². The first-order valence-electron chi connectivity index (χ1n) is 5.95. The molecule has 0 aliphatic heterocycles. The molecule has 0 aromatic heterocycles. The van der Waals surface area contributed by atoms with Crippen molar-refractivity contribution in [3.63, 3.8) is 0 Å². The van der Waals surface area contributed by atoms with Gasteiger partial charge in [0.05, 0.1) is 0 Å². The third kappa shape index (κ3) is 4.19. The summed E-state index contributed by atoms with van der Waals surface area (Å²) in [6.07, 6.45) is 1.99. The lowest BCUT2D eigenvalue weighted by molar-refractivity contribution is 0.627. The summed E-state index contributed by atoms with van der Waals surface area (Å²) in [6, 6.07) is 16.4. The molecule has 0 bridgehead atoms. The zero-order valence-corrected chi connectivity index (χ0v) is 11.5. The van der Waals surface area contributed by atoms with E-state index in [-0.39, 0.29) is 24.3 Å². The van der Waals surface area contributed by atoms with E-state index < -0.39 is 0 Å². The van der Waals surface area contributed by atoms with Gasteiger partial charge in [0.2, 0.25) is 0 Å². The summed E-state index contributed by atoms with van der Waals surface area (Å²) >= 11 is 0. The molecule has 2 rings (SSSR count). The second kappa shape index (κ2) is 7.07. The van der Waals surface area contributed by atoms with Crippen molar-refractivity contribution in [2.45, 2.75) is 13.0 Å². The zero-order valence-electron chi connectivity index (χ0n) is 10.7. The molecule has 100 valence electrons. The molecular weight excluding hydrogens is 261 g/mol. The van der Waals surface area contributed by atoms with Crippen LogP contribution in [-0.2, 0) is 0 Å². The van der Waals surface area contributed by atoms with E-state index in [4.69, 9.17) is 5.73 Å². The molecule has 0 amide bonds. The van der Waals surface area contributed by atoms with Gasteiger partial charge in [0, 0.05) is 6.04 Å². The van der Waals surface area contributed by atoms with Gasteiger partial charge in [-0.05, 0) is 35.8 Å². The number of rotatable bonds is 3. The van der Waals surface area contributed by atoms with E-state index in [0.29, 0.717) is 0 Å². The molecule has 2 aromatic rings.